The Hall–Kier alpha value is -2.01. The molecule has 1 aromatic carbocycles. The molecular formula is C10H9FN4. The lowest BCUT2D eigenvalue weighted by molar-refractivity contribution is 0.628. The second-order valence-corrected chi connectivity index (χ2v) is 2.96. The van der Waals surface area contributed by atoms with Gasteiger partial charge in [-0.3, -0.25) is 0 Å². The van der Waals surface area contributed by atoms with Crippen molar-refractivity contribution in [3.8, 4) is 11.3 Å². The number of benzene rings is 1. The molecule has 0 unspecified atom stereocenters. The van der Waals surface area contributed by atoms with Crippen LogP contribution in [0.2, 0.25) is 0 Å². The van der Waals surface area contributed by atoms with Crippen LogP contribution < -0.4 is 11.3 Å². The normalized spacial score (nSPS) is 10.0. The van der Waals surface area contributed by atoms with Gasteiger partial charge in [0.25, 0.3) is 0 Å². The number of nitrogens with zero attached hydrogens (tertiary/aromatic N) is 2. The Morgan fingerprint density at radius 3 is 2.60 bits per heavy atom. The molecule has 0 saturated carbocycles. The predicted octanol–water partition coefficient (Wildman–Crippen LogP) is 1.57. The fraction of sp³-hybridized carbons (Fsp3) is 0. The summed E-state index contributed by atoms with van der Waals surface area (Å²) in [6, 6.07) is 9.57. The largest absolute Gasteiger partial charge is 0.307 e. The molecule has 0 saturated heterocycles. The SMILES string of the molecule is NNc1ccc(-c2cccc(F)c2)nn1. The highest BCUT2D eigenvalue weighted by molar-refractivity contribution is 5.59. The van der Waals surface area contributed by atoms with Gasteiger partial charge < -0.3 is 5.43 Å². The third kappa shape index (κ3) is 2.08. The van der Waals surface area contributed by atoms with Crippen LogP contribution in [-0.2, 0) is 0 Å². The molecule has 1 heterocycles. The van der Waals surface area contributed by atoms with Gasteiger partial charge in [0.2, 0.25) is 0 Å². The molecule has 1 aromatic heterocycles. The van der Waals surface area contributed by atoms with Crippen LogP contribution in [0.15, 0.2) is 36.4 Å². The van der Waals surface area contributed by atoms with Gasteiger partial charge in [-0.2, -0.15) is 0 Å². The van der Waals surface area contributed by atoms with Gasteiger partial charge in [-0.05, 0) is 24.3 Å². The van der Waals surface area contributed by atoms with Gasteiger partial charge in [-0.15, -0.1) is 10.2 Å². The number of halogens is 1. The van der Waals surface area contributed by atoms with E-state index >= 15 is 0 Å². The highest BCUT2D eigenvalue weighted by Gasteiger charge is 2.01. The summed E-state index contributed by atoms with van der Waals surface area (Å²) >= 11 is 0. The van der Waals surface area contributed by atoms with Crippen LogP contribution in [0.5, 0.6) is 0 Å². The first kappa shape index (κ1) is 9.54. The molecule has 76 valence electrons. The van der Waals surface area contributed by atoms with E-state index in [1.54, 1.807) is 24.3 Å². The van der Waals surface area contributed by atoms with Gasteiger partial charge in [0.1, 0.15) is 5.82 Å². The highest BCUT2D eigenvalue weighted by atomic mass is 19.1. The first-order valence-electron chi connectivity index (χ1n) is 4.36. The van der Waals surface area contributed by atoms with E-state index in [4.69, 9.17) is 5.84 Å². The standard InChI is InChI=1S/C10H9FN4/c11-8-3-1-2-7(6-8)9-4-5-10(13-12)15-14-9/h1-6H,12H2,(H,13,15). The number of aromatic nitrogens is 2. The van der Waals surface area contributed by atoms with Crippen molar-refractivity contribution < 1.29 is 4.39 Å². The summed E-state index contributed by atoms with van der Waals surface area (Å²) in [7, 11) is 0. The van der Waals surface area contributed by atoms with Crippen LogP contribution in [0.25, 0.3) is 11.3 Å². The van der Waals surface area contributed by atoms with Crippen molar-refractivity contribution >= 4 is 5.82 Å². The van der Waals surface area contributed by atoms with Gasteiger partial charge in [0, 0.05) is 5.56 Å². The lowest BCUT2D eigenvalue weighted by Gasteiger charge is -2.01. The van der Waals surface area contributed by atoms with E-state index in [1.807, 2.05) is 0 Å². The van der Waals surface area contributed by atoms with Gasteiger partial charge in [0.05, 0.1) is 5.69 Å². The van der Waals surface area contributed by atoms with Crippen LogP contribution >= 0.6 is 0 Å². The molecule has 15 heavy (non-hydrogen) atoms. The molecule has 0 aliphatic heterocycles. The first-order valence-corrected chi connectivity index (χ1v) is 4.36. The molecule has 4 nitrogen and oxygen atoms in total. The summed E-state index contributed by atoms with van der Waals surface area (Å²) < 4.78 is 12.9. The summed E-state index contributed by atoms with van der Waals surface area (Å²) in [5.41, 5.74) is 3.66. The zero-order valence-electron chi connectivity index (χ0n) is 7.81. The van der Waals surface area contributed by atoms with Crippen molar-refractivity contribution in [3.63, 3.8) is 0 Å². The topological polar surface area (TPSA) is 63.8 Å². The molecule has 2 aromatic rings. The van der Waals surface area contributed by atoms with Crippen molar-refractivity contribution in [2.45, 2.75) is 0 Å². The van der Waals surface area contributed by atoms with E-state index in [2.05, 4.69) is 15.6 Å². The summed E-state index contributed by atoms with van der Waals surface area (Å²) in [6.07, 6.45) is 0. The van der Waals surface area contributed by atoms with Crippen LogP contribution in [0.3, 0.4) is 0 Å². The van der Waals surface area contributed by atoms with E-state index in [0.29, 0.717) is 17.1 Å². The molecule has 2 rings (SSSR count). The van der Waals surface area contributed by atoms with Crippen molar-refractivity contribution in [2.75, 3.05) is 5.43 Å². The van der Waals surface area contributed by atoms with E-state index in [0.717, 1.165) is 0 Å². The number of anilines is 1. The number of hydrogen-bond donors (Lipinski definition) is 2. The number of nitrogens with one attached hydrogen (secondary N) is 1. The van der Waals surface area contributed by atoms with Crippen molar-refractivity contribution in [1.29, 1.82) is 0 Å². The van der Waals surface area contributed by atoms with Gasteiger partial charge >= 0.3 is 0 Å². The smallest absolute Gasteiger partial charge is 0.162 e. The third-order valence-electron chi connectivity index (χ3n) is 1.93. The van der Waals surface area contributed by atoms with Crippen molar-refractivity contribution in [2.24, 2.45) is 5.84 Å². The number of nitrogen functional groups attached to an aromatic ring is 1. The van der Waals surface area contributed by atoms with Gasteiger partial charge in [-0.1, -0.05) is 12.1 Å². The predicted molar refractivity (Wildman–Crippen MR) is 55.2 cm³/mol. The Kier molecular flexibility index (Phi) is 2.55. The minimum absolute atomic E-state index is 0.296. The molecule has 0 fully saturated rings. The average Bonchev–Trinajstić information content (AvgIpc) is 2.29. The highest BCUT2D eigenvalue weighted by Crippen LogP contribution is 2.17. The molecule has 0 bridgehead atoms. The Balaban J connectivity index is 2.37. The van der Waals surface area contributed by atoms with Gasteiger partial charge in [-0.25, -0.2) is 10.2 Å². The molecule has 0 atom stereocenters. The molecule has 0 amide bonds. The average molecular weight is 204 g/mol. The molecule has 3 N–H and O–H groups in total. The Morgan fingerprint density at radius 1 is 1.13 bits per heavy atom. The summed E-state index contributed by atoms with van der Waals surface area (Å²) in [4.78, 5) is 0. The second-order valence-electron chi connectivity index (χ2n) is 2.96. The summed E-state index contributed by atoms with van der Waals surface area (Å²) in [5, 5.41) is 7.70. The Morgan fingerprint density at radius 2 is 2.00 bits per heavy atom. The maximum absolute atomic E-state index is 12.9. The summed E-state index contributed by atoms with van der Waals surface area (Å²) in [6.45, 7) is 0. The fourth-order valence-electron chi connectivity index (χ4n) is 1.21. The maximum Gasteiger partial charge on any atom is 0.162 e. The van der Waals surface area contributed by atoms with Gasteiger partial charge in [0.15, 0.2) is 5.82 Å². The Bertz CT molecular complexity index is 455. The number of hydrogen-bond acceptors (Lipinski definition) is 4. The fourth-order valence-corrected chi connectivity index (χ4v) is 1.21. The number of nitrogens with two attached hydrogens (primary N) is 1. The zero-order chi connectivity index (χ0) is 10.7. The maximum atomic E-state index is 12.9. The lowest BCUT2D eigenvalue weighted by Crippen LogP contribution is -2.08. The minimum Gasteiger partial charge on any atom is -0.307 e. The van der Waals surface area contributed by atoms with Crippen molar-refractivity contribution in [3.05, 3.63) is 42.2 Å². The molecule has 0 radical (unpaired) electrons. The number of hydrazine groups is 1. The van der Waals surface area contributed by atoms with Crippen molar-refractivity contribution in [1.82, 2.24) is 10.2 Å². The molecule has 0 spiro atoms. The molecular weight excluding hydrogens is 195 g/mol. The lowest BCUT2D eigenvalue weighted by atomic mass is 10.1. The Labute approximate surface area is 85.9 Å². The van der Waals surface area contributed by atoms with Crippen LogP contribution in [0.1, 0.15) is 0 Å². The summed E-state index contributed by atoms with van der Waals surface area (Å²) in [5.74, 6) is 5.32. The van der Waals surface area contributed by atoms with E-state index in [9.17, 15) is 4.39 Å². The monoisotopic (exact) mass is 204 g/mol. The van der Waals surface area contributed by atoms with E-state index < -0.39 is 0 Å². The van der Waals surface area contributed by atoms with Crippen LogP contribution in [0, 0.1) is 5.82 Å². The molecule has 0 aliphatic carbocycles. The first-order chi connectivity index (χ1) is 7.29. The van der Waals surface area contributed by atoms with Crippen LogP contribution in [-0.4, -0.2) is 10.2 Å². The van der Waals surface area contributed by atoms with E-state index in [-0.39, 0.29) is 5.82 Å². The quantitative estimate of drug-likeness (QED) is 0.575. The molecule has 0 aliphatic rings. The van der Waals surface area contributed by atoms with Crippen LogP contribution in [0.4, 0.5) is 10.2 Å². The zero-order valence-corrected chi connectivity index (χ0v) is 7.81. The second kappa shape index (κ2) is 4.02. The minimum atomic E-state index is -0.296. The third-order valence-corrected chi connectivity index (χ3v) is 1.93. The van der Waals surface area contributed by atoms with E-state index in [1.165, 1.54) is 12.1 Å². The molecule has 5 heteroatoms. The number of rotatable bonds is 2.